The van der Waals surface area contributed by atoms with Gasteiger partial charge in [0.2, 0.25) is 5.91 Å². The number of nitrogens with one attached hydrogen (secondary N) is 1. The quantitative estimate of drug-likeness (QED) is 0.926. The van der Waals surface area contributed by atoms with E-state index in [9.17, 15) is 13.6 Å². The molecule has 3 atom stereocenters. The van der Waals surface area contributed by atoms with Crippen molar-refractivity contribution in [1.82, 2.24) is 10.2 Å². The lowest BCUT2D eigenvalue weighted by Gasteiger charge is -2.27. The summed E-state index contributed by atoms with van der Waals surface area (Å²) in [5.74, 6) is -1.82. The van der Waals surface area contributed by atoms with Gasteiger partial charge in [0.15, 0.2) is 11.6 Å². The fourth-order valence-electron chi connectivity index (χ4n) is 3.32. The predicted octanol–water partition coefficient (Wildman–Crippen LogP) is 1.86. The van der Waals surface area contributed by atoms with Crippen LogP contribution in [-0.2, 0) is 9.53 Å². The van der Waals surface area contributed by atoms with Crippen LogP contribution in [0.1, 0.15) is 24.4 Å². The van der Waals surface area contributed by atoms with Crippen molar-refractivity contribution >= 4 is 5.91 Å². The standard InChI is InChI=1S/C16H20F2N2O2/c1-20-6-4-14(19-16(21)11-5-7-22-9-11)15(20)10-2-3-12(17)13(18)8-10/h2-3,8,11,14-15H,4-7,9H2,1H3,(H,19,21). The molecular formula is C16H20F2N2O2. The molecule has 4 nitrogen and oxygen atoms in total. The minimum atomic E-state index is -0.855. The number of carbonyl (C=O) groups excluding carboxylic acids is 1. The molecule has 2 heterocycles. The van der Waals surface area contributed by atoms with Gasteiger partial charge < -0.3 is 10.1 Å². The Bertz CT molecular complexity index is 561. The highest BCUT2D eigenvalue weighted by atomic mass is 19.2. The van der Waals surface area contributed by atoms with Crippen LogP contribution in [0.4, 0.5) is 8.78 Å². The van der Waals surface area contributed by atoms with Crippen molar-refractivity contribution in [3.8, 4) is 0 Å². The van der Waals surface area contributed by atoms with E-state index >= 15 is 0 Å². The highest BCUT2D eigenvalue weighted by Crippen LogP contribution is 2.32. The molecule has 1 N–H and O–H groups in total. The smallest absolute Gasteiger partial charge is 0.225 e. The van der Waals surface area contributed by atoms with Crippen LogP contribution in [0.2, 0.25) is 0 Å². The molecule has 2 saturated heterocycles. The van der Waals surface area contributed by atoms with Crippen molar-refractivity contribution in [3.63, 3.8) is 0 Å². The van der Waals surface area contributed by atoms with Gasteiger partial charge in [-0.25, -0.2) is 8.78 Å². The van der Waals surface area contributed by atoms with Crippen molar-refractivity contribution in [3.05, 3.63) is 35.4 Å². The van der Waals surface area contributed by atoms with Crippen LogP contribution >= 0.6 is 0 Å². The van der Waals surface area contributed by atoms with Crippen molar-refractivity contribution in [1.29, 1.82) is 0 Å². The van der Waals surface area contributed by atoms with Gasteiger partial charge in [0.05, 0.1) is 18.6 Å². The molecule has 22 heavy (non-hydrogen) atoms. The molecule has 2 fully saturated rings. The van der Waals surface area contributed by atoms with Gasteiger partial charge in [0.1, 0.15) is 0 Å². The zero-order valence-corrected chi connectivity index (χ0v) is 12.5. The summed E-state index contributed by atoms with van der Waals surface area (Å²) in [6.45, 7) is 1.88. The van der Waals surface area contributed by atoms with Gasteiger partial charge in [-0.05, 0) is 37.6 Å². The molecule has 6 heteroatoms. The molecule has 3 rings (SSSR count). The average molecular weight is 310 g/mol. The van der Waals surface area contributed by atoms with Gasteiger partial charge in [-0.1, -0.05) is 6.07 Å². The van der Waals surface area contributed by atoms with Crippen LogP contribution in [0.25, 0.3) is 0 Å². The number of carbonyl (C=O) groups is 1. The number of benzene rings is 1. The van der Waals surface area contributed by atoms with E-state index in [1.807, 2.05) is 7.05 Å². The third-order valence-corrected chi connectivity index (χ3v) is 4.56. The first-order valence-electron chi connectivity index (χ1n) is 7.59. The Morgan fingerprint density at radius 3 is 2.82 bits per heavy atom. The van der Waals surface area contributed by atoms with Crippen LogP contribution in [0.15, 0.2) is 18.2 Å². The van der Waals surface area contributed by atoms with E-state index in [4.69, 9.17) is 4.74 Å². The zero-order valence-electron chi connectivity index (χ0n) is 12.5. The molecule has 120 valence electrons. The predicted molar refractivity (Wildman–Crippen MR) is 77.2 cm³/mol. The summed E-state index contributed by atoms with van der Waals surface area (Å²) in [5, 5.41) is 3.06. The SMILES string of the molecule is CN1CCC(NC(=O)C2CCOC2)C1c1ccc(F)c(F)c1. The summed E-state index contributed by atoms with van der Waals surface area (Å²) in [4.78, 5) is 14.3. The van der Waals surface area contributed by atoms with Crippen LogP contribution in [0.5, 0.6) is 0 Å². The Morgan fingerprint density at radius 2 is 2.14 bits per heavy atom. The highest BCUT2D eigenvalue weighted by Gasteiger charge is 2.36. The van der Waals surface area contributed by atoms with Gasteiger partial charge >= 0.3 is 0 Å². The average Bonchev–Trinajstić information content (AvgIpc) is 3.13. The number of nitrogens with zero attached hydrogens (tertiary/aromatic N) is 1. The molecule has 3 unspecified atom stereocenters. The third-order valence-electron chi connectivity index (χ3n) is 4.56. The summed E-state index contributed by atoms with van der Waals surface area (Å²) in [7, 11) is 1.93. The van der Waals surface area contributed by atoms with E-state index in [1.165, 1.54) is 6.07 Å². The van der Waals surface area contributed by atoms with Crippen molar-refractivity contribution in [2.75, 3.05) is 26.8 Å². The highest BCUT2D eigenvalue weighted by molar-refractivity contribution is 5.79. The molecule has 0 saturated carbocycles. The molecule has 0 spiro atoms. The molecule has 1 amide bonds. The molecule has 0 aromatic heterocycles. The molecule has 1 aromatic rings. The Labute approximate surface area is 128 Å². The van der Waals surface area contributed by atoms with Crippen LogP contribution in [-0.4, -0.2) is 43.7 Å². The van der Waals surface area contributed by atoms with E-state index in [2.05, 4.69) is 10.2 Å². The first-order chi connectivity index (χ1) is 10.6. The Morgan fingerprint density at radius 1 is 1.32 bits per heavy atom. The summed E-state index contributed by atoms with van der Waals surface area (Å²) >= 11 is 0. The maximum Gasteiger partial charge on any atom is 0.225 e. The van der Waals surface area contributed by atoms with Crippen LogP contribution in [0.3, 0.4) is 0 Å². The Hall–Kier alpha value is -1.53. The maximum absolute atomic E-state index is 13.5. The summed E-state index contributed by atoms with van der Waals surface area (Å²) in [5.41, 5.74) is 0.687. The second-order valence-corrected chi connectivity index (χ2v) is 6.06. The molecule has 0 bridgehead atoms. The number of hydrogen-bond donors (Lipinski definition) is 1. The minimum absolute atomic E-state index is 0.00890. The monoisotopic (exact) mass is 310 g/mol. The van der Waals surface area contributed by atoms with Gasteiger partial charge in [-0.2, -0.15) is 0 Å². The van der Waals surface area contributed by atoms with Crippen molar-refractivity contribution in [2.45, 2.75) is 24.9 Å². The van der Waals surface area contributed by atoms with Crippen molar-refractivity contribution < 1.29 is 18.3 Å². The van der Waals surface area contributed by atoms with Crippen LogP contribution < -0.4 is 5.32 Å². The fourth-order valence-corrected chi connectivity index (χ4v) is 3.32. The van der Waals surface area contributed by atoms with E-state index in [0.29, 0.717) is 18.8 Å². The summed E-state index contributed by atoms with van der Waals surface area (Å²) < 4.78 is 31.9. The third kappa shape index (κ3) is 2.98. The number of likely N-dealkylation sites (N-methyl/N-ethyl adjacent to an activating group) is 1. The fraction of sp³-hybridized carbons (Fsp3) is 0.562. The second kappa shape index (κ2) is 6.30. The van der Waals surface area contributed by atoms with E-state index < -0.39 is 11.6 Å². The Kier molecular flexibility index (Phi) is 4.40. The second-order valence-electron chi connectivity index (χ2n) is 6.06. The normalized spacial score (nSPS) is 29.0. The number of amides is 1. The largest absolute Gasteiger partial charge is 0.381 e. The lowest BCUT2D eigenvalue weighted by Crippen LogP contribution is -2.42. The van der Waals surface area contributed by atoms with Gasteiger partial charge in [0, 0.05) is 19.2 Å². The molecule has 2 aliphatic heterocycles. The Balaban J connectivity index is 1.75. The van der Waals surface area contributed by atoms with Gasteiger partial charge in [-0.15, -0.1) is 0 Å². The first-order valence-corrected chi connectivity index (χ1v) is 7.59. The van der Waals surface area contributed by atoms with E-state index in [1.54, 1.807) is 6.07 Å². The number of ether oxygens (including phenoxy) is 1. The molecule has 2 aliphatic rings. The van der Waals surface area contributed by atoms with Gasteiger partial charge in [-0.3, -0.25) is 9.69 Å². The van der Waals surface area contributed by atoms with Crippen molar-refractivity contribution in [2.24, 2.45) is 5.92 Å². The first kappa shape index (κ1) is 15.4. The van der Waals surface area contributed by atoms with E-state index in [-0.39, 0.29) is 23.9 Å². The number of likely N-dealkylation sites (tertiary alicyclic amines) is 1. The molecule has 0 aliphatic carbocycles. The lowest BCUT2D eigenvalue weighted by atomic mass is 9.98. The lowest BCUT2D eigenvalue weighted by molar-refractivity contribution is -0.125. The number of rotatable bonds is 3. The van der Waals surface area contributed by atoms with Gasteiger partial charge in [0.25, 0.3) is 0 Å². The topological polar surface area (TPSA) is 41.6 Å². The minimum Gasteiger partial charge on any atom is -0.381 e. The van der Waals surface area contributed by atoms with E-state index in [0.717, 1.165) is 25.5 Å². The van der Waals surface area contributed by atoms with Crippen LogP contribution in [0, 0.1) is 17.6 Å². The maximum atomic E-state index is 13.5. The summed E-state index contributed by atoms with van der Waals surface area (Å²) in [6, 6.07) is 3.72. The zero-order chi connectivity index (χ0) is 15.7. The number of halogens is 2. The molecular weight excluding hydrogens is 290 g/mol. The summed E-state index contributed by atoms with van der Waals surface area (Å²) in [6.07, 6.45) is 1.53. The molecule has 0 radical (unpaired) electrons. The molecule has 1 aromatic carbocycles. The number of hydrogen-bond acceptors (Lipinski definition) is 3.